The van der Waals surface area contributed by atoms with Crippen LogP contribution < -0.4 is 11.6 Å². The lowest BCUT2D eigenvalue weighted by atomic mass is 9.85. The maximum atomic E-state index is 10.1. The molecule has 0 spiro atoms. The summed E-state index contributed by atoms with van der Waals surface area (Å²) >= 11 is 0. The summed E-state index contributed by atoms with van der Waals surface area (Å²) in [5.41, 5.74) is 5.98. The van der Waals surface area contributed by atoms with Crippen LogP contribution in [0, 0.1) is 11.8 Å². The van der Waals surface area contributed by atoms with Gasteiger partial charge in [-0.05, 0) is 24.7 Å². The Balaban J connectivity index is 2.23. The zero-order valence-corrected chi connectivity index (χ0v) is 12.0. The molecule has 1 rings (SSSR count). The van der Waals surface area contributed by atoms with Crippen molar-refractivity contribution in [3.05, 3.63) is 0 Å². The third kappa shape index (κ3) is 5.65. The highest BCUT2D eigenvalue weighted by atomic mass is 16.3. The molecule has 1 aliphatic carbocycles. The predicted molar refractivity (Wildman–Crippen MR) is 75.5 cm³/mol. The molecule has 0 aliphatic heterocycles. The molecule has 5 N–H and O–H groups in total. The van der Waals surface area contributed by atoms with Gasteiger partial charge >= 0.3 is 0 Å². The van der Waals surface area contributed by atoms with Crippen molar-refractivity contribution in [2.75, 3.05) is 6.54 Å². The number of aliphatic hydroxyl groups is 1. The molecule has 0 saturated heterocycles. The minimum atomic E-state index is -0.504. The number of hydrazine groups is 1. The van der Waals surface area contributed by atoms with Gasteiger partial charge in [-0.15, -0.1) is 0 Å². The molecule has 108 valence electrons. The zero-order chi connectivity index (χ0) is 13.5. The lowest BCUT2D eigenvalue weighted by Crippen LogP contribution is -2.54. The highest BCUT2D eigenvalue weighted by molar-refractivity contribution is 4.74. The summed E-state index contributed by atoms with van der Waals surface area (Å²) in [4.78, 5) is 0. The molecule has 1 aliphatic rings. The van der Waals surface area contributed by atoms with E-state index in [0.717, 1.165) is 25.3 Å². The van der Waals surface area contributed by atoms with E-state index >= 15 is 0 Å². The number of hydrogen-bond donors (Lipinski definition) is 3. The van der Waals surface area contributed by atoms with E-state index in [-0.39, 0.29) is 0 Å². The normalized spacial score (nSPS) is 21.5. The smallest absolute Gasteiger partial charge is 0.0968 e. The standard InChI is InChI=1S/C14H31N3O/c1-11(2)10-17(16)14(15)13(18)9-8-12-6-4-3-5-7-12/h11-14,18H,3-10,15-16H2,1-2H3/t13-,14-/m0/s1. The van der Waals surface area contributed by atoms with Crippen molar-refractivity contribution in [3.8, 4) is 0 Å². The van der Waals surface area contributed by atoms with E-state index in [0.29, 0.717) is 5.92 Å². The third-order valence-corrected chi connectivity index (χ3v) is 3.95. The third-order valence-electron chi connectivity index (χ3n) is 3.95. The fraction of sp³-hybridized carbons (Fsp3) is 1.00. The van der Waals surface area contributed by atoms with E-state index in [2.05, 4.69) is 13.8 Å². The minimum absolute atomic E-state index is 0.434. The van der Waals surface area contributed by atoms with Gasteiger partial charge in [-0.3, -0.25) is 5.84 Å². The van der Waals surface area contributed by atoms with Crippen LogP contribution in [0.3, 0.4) is 0 Å². The van der Waals surface area contributed by atoms with E-state index in [1.807, 2.05) is 0 Å². The van der Waals surface area contributed by atoms with Crippen LogP contribution in [0.15, 0.2) is 0 Å². The summed E-state index contributed by atoms with van der Waals surface area (Å²) in [5.74, 6) is 7.13. The van der Waals surface area contributed by atoms with Crippen LogP contribution in [-0.2, 0) is 0 Å². The maximum Gasteiger partial charge on any atom is 0.0968 e. The first kappa shape index (κ1) is 15.9. The second-order valence-electron chi connectivity index (χ2n) is 6.23. The van der Waals surface area contributed by atoms with Crippen molar-refractivity contribution in [1.29, 1.82) is 0 Å². The molecular formula is C14H31N3O. The van der Waals surface area contributed by atoms with Crippen molar-refractivity contribution in [2.45, 2.75) is 71.1 Å². The lowest BCUT2D eigenvalue weighted by molar-refractivity contribution is 0.0349. The molecule has 4 heteroatoms. The zero-order valence-electron chi connectivity index (χ0n) is 12.0. The maximum absolute atomic E-state index is 10.1. The first-order valence-electron chi connectivity index (χ1n) is 7.45. The monoisotopic (exact) mass is 257 g/mol. The summed E-state index contributed by atoms with van der Waals surface area (Å²) in [6.07, 6.45) is 7.64. The fourth-order valence-corrected chi connectivity index (χ4v) is 2.82. The van der Waals surface area contributed by atoms with Crippen molar-refractivity contribution >= 4 is 0 Å². The van der Waals surface area contributed by atoms with Crippen LogP contribution >= 0.6 is 0 Å². The molecule has 2 atom stereocenters. The van der Waals surface area contributed by atoms with Gasteiger partial charge in [0.1, 0.15) is 0 Å². The molecule has 0 aromatic carbocycles. The second kappa shape index (κ2) is 8.10. The quantitative estimate of drug-likeness (QED) is 0.369. The van der Waals surface area contributed by atoms with E-state index in [1.54, 1.807) is 5.01 Å². The Labute approximate surface area is 112 Å². The Bertz CT molecular complexity index is 217. The Hall–Kier alpha value is -0.160. The highest BCUT2D eigenvalue weighted by Gasteiger charge is 2.22. The van der Waals surface area contributed by atoms with Gasteiger partial charge in [0.25, 0.3) is 0 Å². The summed E-state index contributed by atoms with van der Waals surface area (Å²) in [6, 6.07) is 0. The Morgan fingerprint density at radius 1 is 1.22 bits per heavy atom. The van der Waals surface area contributed by atoms with Gasteiger partial charge in [-0.1, -0.05) is 46.0 Å². The minimum Gasteiger partial charge on any atom is -0.390 e. The van der Waals surface area contributed by atoms with E-state index in [1.165, 1.54) is 32.1 Å². The van der Waals surface area contributed by atoms with Crippen molar-refractivity contribution < 1.29 is 5.11 Å². The SMILES string of the molecule is CC(C)CN(N)[C@H](N)[C@@H](O)CCC1CCCCC1. The Morgan fingerprint density at radius 3 is 2.39 bits per heavy atom. The van der Waals surface area contributed by atoms with Crippen LogP contribution in [0.4, 0.5) is 0 Å². The van der Waals surface area contributed by atoms with E-state index in [4.69, 9.17) is 11.6 Å². The molecule has 0 aromatic heterocycles. The van der Waals surface area contributed by atoms with Gasteiger partial charge in [-0.2, -0.15) is 0 Å². The molecule has 1 saturated carbocycles. The number of rotatable bonds is 7. The molecule has 0 radical (unpaired) electrons. The molecule has 0 aromatic rings. The van der Waals surface area contributed by atoms with Crippen LogP contribution in [0.2, 0.25) is 0 Å². The van der Waals surface area contributed by atoms with Crippen LogP contribution in [0.5, 0.6) is 0 Å². The van der Waals surface area contributed by atoms with Gasteiger partial charge in [0.2, 0.25) is 0 Å². The Morgan fingerprint density at radius 2 is 1.83 bits per heavy atom. The predicted octanol–water partition coefficient (Wildman–Crippen LogP) is 1.82. The van der Waals surface area contributed by atoms with Crippen molar-refractivity contribution in [3.63, 3.8) is 0 Å². The van der Waals surface area contributed by atoms with Gasteiger partial charge in [0, 0.05) is 6.54 Å². The molecule has 0 heterocycles. The summed E-state index contributed by atoms with van der Waals surface area (Å²) in [5, 5.41) is 11.7. The molecular weight excluding hydrogens is 226 g/mol. The summed E-state index contributed by atoms with van der Waals surface area (Å²) < 4.78 is 0. The first-order chi connectivity index (χ1) is 8.50. The molecule has 0 unspecified atom stereocenters. The molecule has 0 amide bonds. The topological polar surface area (TPSA) is 75.5 Å². The summed E-state index contributed by atoms with van der Waals surface area (Å²) in [6.45, 7) is 4.92. The van der Waals surface area contributed by atoms with E-state index in [9.17, 15) is 5.11 Å². The fourth-order valence-electron chi connectivity index (χ4n) is 2.82. The molecule has 4 nitrogen and oxygen atoms in total. The van der Waals surface area contributed by atoms with Crippen molar-refractivity contribution in [2.24, 2.45) is 23.4 Å². The van der Waals surface area contributed by atoms with Crippen molar-refractivity contribution in [1.82, 2.24) is 5.01 Å². The van der Waals surface area contributed by atoms with Crippen LogP contribution in [0.1, 0.15) is 58.8 Å². The molecule has 18 heavy (non-hydrogen) atoms. The van der Waals surface area contributed by atoms with E-state index < -0.39 is 12.3 Å². The van der Waals surface area contributed by atoms with Crippen LogP contribution in [-0.4, -0.2) is 28.9 Å². The second-order valence-corrected chi connectivity index (χ2v) is 6.23. The van der Waals surface area contributed by atoms with Gasteiger partial charge in [0.05, 0.1) is 12.3 Å². The van der Waals surface area contributed by atoms with Gasteiger partial charge < -0.3 is 10.8 Å². The number of nitrogens with two attached hydrogens (primary N) is 2. The highest BCUT2D eigenvalue weighted by Crippen LogP contribution is 2.27. The summed E-state index contributed by atoms with van der Waals surface area (Å²) in [7, 11) is 0. The average Bonchev–Trinajstić information content (AvgIpc) is 2.35. The first-order valence-corrected chi connectivity index (χ1v) is 7.45. The molecule has 0 bridgehead atoms. The number of aliphatic hydroxyl groups excluding tert-OH is 1. The average molecular weight is 257 g/mol. The molecule has 1 fully saturated rings. The van der Waals surface area contributed by atoms with Gasteiger partial charge in [-0.25, -0.2) is 5.01 Å². The Kier molecular flexibility index (Phi) is 7.15. The van der Waals surface area contributed by atoms with Crippen LogP contribution in [0.25, 0.3) is 0 Å². The lowest BCUT2D eigenvalue weighted by Gasteiger charge is -2.30. The number of hydrogen-bond acceptors (Lipinski definition) is 4. The van der Waals surface area contributed by atoms with Gasteiger partial charge in [0.15, 0.2) is 0 Å². The number of nitrogens with zero attached hydrogens (tertiary/aromatic N) is 1. The largest absolute Gasteiger partial charge is 0.390 e.